The Morgan fingerprint density at radius 2 is 1.71 bits per heavy atom. The van der Waals surface area contributed by atoms with Crippen LogP contribution in [0, 0.1) is 0 Å². The van der Waals surface area contributed by atoms with E-state index in [9.17, 15) is 22.8 Å². The standard InChI is InChI=1S/C26H23F3N2O6S/c1-5-37-24(33)19-20(15-9-7-6-8-10-15)31-23(32)18(38-25(31)30-22(19)26(27,28)29)13-14-11-16(34-2)21(36-4)17(12-14)35-3/h6-13,20H,5H2,1-4H3/b18-13-. The molecule has 1 unspecified atom stereocenters. The van der Waals surface area contributed by atoms with Gasteiger partial charge in [-0.1, -0.05) is 41.7 Å². The zero-order valence-corrected chi connectivity index (χ0v) is 21.6. The second-order valence-electron chi connectivity index (χ2n) is 7.93. The topological polar surface area (TPSA) is 88.4 Å². The molecule has 0 saturated heterocycles. The lowest BCUT2D eigenvalue weighted by atomic mass is 9.95. The number of nitrogens with zero attached hydrogens (tertiary/aromatic N) is 2. The number of hydrogen-bond donors (Lipinski definition) is 0. The first-order chi connectivity index (χ1) is 18.1. The Labute approximate surface area is 218 Å². The Morgan fingerprint density at radius 3 is 2.24 bits per heavy atom. The number of halogens is 3. The minimum absolute atomic E-state index is 0.0885. The van der Waals surface area contributed by atoms with Crippen molar-refractivity contribution in [2.24, 2.45) is 4.99 Å². The Kier molecular flexibility index (Phi) is 7.63. The maximum absolute atomic E-state index is 14.2. The van der Waals surface area contributed by atoms with Crippen LogP contribution >= 0.6 is 11.3 Å². The number of methoxy groups -OCH3 is 3. The maximum Gasteiger partial charge on any atom is 0.434 e. The second kappa shape index (κ2) is 10.7. The highest BCUT2D eigenvalue weighted by molar-refractivity contribution is 7.07. The number of ether oxygens (including phenoxy) is 4. The van der Waals surface area contributed by atoms with Crippen LogP contribution in [0.1, 0.15) is 24.1 Å². The lowest BCUT2D eigenvalue weighted by Crippen LogP contribution is -2.41. The maximum atomic E-state index is 14.2. The predicted octanol–water partition coefficient (Wildman–Crippen LogP) is 3.37. The van der Waals surface area contributed by atoms with Gasteiger partial charge in [0, 0.05) is 0 Å². The molecule has 2 aromatic carbocycles. The molecule has 1 aliphatic rings. The average Bonchev–Trinajstić information content (AvgIpc) is 3.21. The predicted molar refractivity (Wildman–Crippen MR) is 133 cm³/mol. The molecule has 1 aromatic heterocycles. The molecule has 3 aromatic rings. The van der Waals surface area contributed by atoms with Crippen LogP contribution in [0.4, 0.5) is 13.2 Å². The van der Waals surface area contributed by atoms with Gasteiger partial charge in [-0.2, -0.15) is 13.2 Å². The van der Waals surface area contributed by atoms with E-state index in [1.54, 1.807) is 42.5 Å². The molecule has 0 spiro atoms. The summed E-state index contributed by atoms with van der Waals surface area (Å²) in [5, 5.41) is 0. The largest absolute Gasteiger partial charge is 0.493 e. The highest BCUT2D eigenvalue weighted by atomic mass is 32.1. The number of benzene rings is 2. The van der Waals surface area contributed by atoms with Crippen molar-refractivity contribution in [1.29, 1.82) is 0 Å². The molecule has 0 aliphatic carbocycles. The molecule has 8 nitrogen and oxygen atoms in total. The van der Waals surface area contributed by atoms with Gasteiger partial charge in [0.05, 0.1) is 44.1 Å². The summed E-state index contributed by atoms with van der Waals surface area (Å²) in [5.41, 5.74) is -2.00. The van der Waals surface area contributed by atoms with Gasteiger partial charge < -0.3 is 18.9 Å². The Balaban J connectivity index is 2.03. The van der Waals surface area contributed by atoms with E-state index in [1.165, 1.54) is 34.3 Å². The summed E-state index contributed by atoms with van der Waals surface area (Å²) in [4.78, 5) is 30.1. The molecular weight excluding hydrogens is 525 g/mol. The van der Waals surface area contributed by atoms with E-state index in [0.29, 0.717) is 28.4 Å². The molecule has 4 rings (SSSR count). The van der Waals surface area contributed by atoms with E-state index in [4.69, 9.17) is 18.9 Å². The molecule has 0 radical (unpaired) electrons. The van der Waals surface area contributed by atoms with Crippen LogP contribution in [0.15, 0.2) is 63.5 Å². The van der Waals surface area contributed by atoms with E-state index in [0.717, 1.165) is 15.9 Å². The summed E-state index contributed by atoms with van der Waals surface area (Å²) in [7, 11) is 4.32. The number of allylic oxidation sites excluding steroid dienone is 1. The van der Waals surface area contributed by atoms with E-state index in [2.05, 4.69) is 4.99 Å². The quantitative estimate of drug-likeness (QED) is 0.421. The molecule has 0 fully saturated rings. The lowest BCUT2D eigenvalue weighted by Gasteiger charge is -2.26. The van der Waals surface area contributed by atoms with Gasteiger partial charge in [-0.15, -0.1) is 0 Å². The lowest BCUT2D eigenvalue weighted by molar-refractivity contribution is -0.140. The minimum Gasteiger partial charge on any atom is -0.493 e. The summed E-state index contributed by atoms with van der Waals surface area (Å²) in [6.45, 7) is 1.33. The molecule has 12 heteroatoms. The number of carbonyl (C=O) groups is 1. The van der Waals surface area contributed by atoms with Crippen LogP contribution in [0.2, 0.25) is 0 Å². The number of thiazole rings is 1. The second-order valence-corrected chi connectivity index (χ2v) is 8.94. The van der Waals surface area contributed by atoms with Crippen molar-refractivity contribution in [3.05, 3.63) is 84.5 Å². The van der Waals surface area contributed by atoms with Crippen LogP contribution in [0.5, 0.6) is 17.2 Å². The van der Waals surface area contributed by atoms with Gasteiger partial charge >= 0.3 is 12.1 Å². The fraction of sp³-hybridized carbons (Fsp3) is 0.269. The van der Waals surface area contributed by atoms with E-state index < -0.39 is 35.0 Å². The highest BCUT2D eigenvalue weighted by Crippen LogP contribution is 2.39. The summed E-state index contributed by atoms with van der Waals surface area (Å²) < 4.78 is 64.7. The number of rotatable bonds is 7. The summed E-state index contributed by atoms with van der Waals surface area (Å²) in [6, 6.07) is 9.77. The first kappa shape index (κ1) is 27.0. The molecular formula is C26H23F3N2O6S. The molecule has 2 heterocycles. The number of fused-ring (bicyclic) bond motifs is 1. The van der Waals surface area contributed by atoms with Gasteiger partial charge in [-0.05, 0) is 36.3 Å². The zero-order valence-electron chi connectivity index (χ0n) is 20.8. The third-order valence-electron chi connectivity index (χ3n) is 5.70. The van der Waals surface area contributed by atoms with Crippen molar-refractivity contribution in [3.8, 4) is 17.2 Å². The first-order valence-electron chi connectivity index (χ1n) is 11.3. The number of carbonyl (C=O) groups excluding carboxylic acids is 1. The van der Waals surface area contributed by atoms with E-state index >= 15 is 0 Å². The molecule has 1 atom stereocenters. The number of aromatic nitrogens is 1. The number of alkyl halides is 3. The van der Waals surface area contributed by atoms with Crippen LogP contribution < -0.4 is 29.1 Å². The normalized spacial score (nSPS) is 15.6. The van der Waals surface area contributed by atoms with Crippen LogP contribution in [-0.4, -0.2) is 44.6 Å². The monoisotopic (exact) mass is 548 g/mol. The van der Waals surface area contributed by atoms with Gasteiger partial charge in [-0.25, -0.2) is 9.79 Å². The van der Waals surface area contributed by atoms with Gasteiger partial charge in [0.2, 0.25) is 5.75 Å². The van der Waals surface area contributed by atoms with Gasteiger partial charge in [0.15, 0.2) is 22.0 Å². The number of hydrogen-bond acceptors (Lipinski definition) is 8. The highest BCUT2D eigenvalue weighted by Gasteiger charge is 2.45. The fourth-order valence-corrected chi connectivity index (χ4v) is 5.13. The summed E-state index contributed by atoms with van der Waals surface area (Å²) in [5.74, 6) is -0.197. The van der Waals surface area contributed by atoms with Crippen molar-refractivity contribution in [2.45, 2.75) is 19.1 Å². The van der Waals surface area contributed by atoms with Gasteiger partial charge in [0.1, 0.15) is 0 Å². The summed E-state index contributed by atoms with van der Waals surface area (Å²) >= 11 is 0.768. The molecule has 1 aliphatic heterocycles. The van der Waals surface area contributed by atoms with Crippen molar-refractivity contribution in [1.82, 2.24) is 4.57 Å². The zero-order chi connectivity index (χ0) is 27.6. The minimum atomic E-state index is -4.97. The third-order valence-corrected chi connectivity index (χ3v) is 6.68. The van der Waals surface area contributed by atoms with Crippen molar-refractivity contribution in [2.75, 3.05) is 27.9 Å². The van der Waals surface area contributed by atoms with E-state index in [1.807, 2.05) is 0 Å². The molecule has 0 bridgehead atoms. The molecule has 200 valence electrons. The molecule has 38 heavy (non-hydrogen) atoms. The Bertz CT molecular complexity index is 1550. The Morgan fingerprint density at radius 1 is 1.08 bits per heavy atom. The van der Waals surface area contributed by atoms with Crippen molar-refractivity contribution >= 4 is 23.4 Å². The van der Waals surface area contributed by atoms with Crippen molar-refractivity contribution in [3.63, 3.8) is 0 Å². The molecule has 0 N–H and O–H groups in total. The Hall–Kier alpha value is -4.06. The average molecular weight is 549 g/mol. The van der Waals surface area contributed by atoms with E-state index in [-0.39, 0.29) is 15.9 Å². The van der Waals surface area contributed by atoms with Crippen LogP contribution in [0.3, 0.4) is 0 Å². The smallest absolute Gasteiger partial charge is 0.434 e. The molecule has 0 saturated carbocycles. The van der Waals surface area contributed by atoms with Gasteiger partial charge in [0.25, 0.3) is 5.56 Å². The van der Waals surface area contributed by atoms with Crippen LogP contribution in [0.25, 0.3) is 6.08 Å². The first-order valence-corrected chi connectivity index (χ1v) is 12.1. The number of esters is 1. The molecule has 0 amide bonds. The fourth-order valence-electron chi connectivity index (χ4n) is 4.13. The summed E-state index contributed by atoms with van der Waals surface area (Å²) in [6.07, 6.45) is -3.49. The van der Waals surface area contributed by atoms with Gasteiger partial charge in [-0.3, -0.25) is 9.36 Å². The van der Waals surface area contributed by atoms with Crippen molar-refractivity contribution < 1.29 is 36.9 Å². The van der Waals surface area contributed by atoms with Crippen LogP contribution in [-0.2, 0) is 9.53 Å². The third kappa shape index (κ3) is 4.91. The SMILES string of the molecule is CCOC(=O)C1=C(C(F)(F)F)N=c2s/c(=C\c3cc(OC)c(OC)c(OC)c3)c(=O)n2C1c1ccccc1.